The van der Waals surface area contributed by atoms with Gasteiger partial charge in [-0.3, -0.25) is 0 Å². The Morgan fingerprint density at radius 2 is 2.18 bits per heavy atom. The average molecular weight is 320 g/mol. The van der Waals surface area contributed by atoms with Gasteiger partial charge in [-0.05, 0) is 60.8 Å². The molecule has 0 aliphatic heterocycles. The lowest BCUT2D eigenvalue weighted by atomic mass is 10.0. The smallest absolute Gasteiger partial charge is 0.0701 e. The first-order valence-electron chi connectivity index (χ1n) is 6.16. The number of thiophene rings is 1. The van der Waals surface area contributed by atoms with Gasteiger partial charge in [-0.15, -0.1) is 11.3 Å². The lowest BCUT2D eigenvalue weighted by molar-refractivity contribution is 0.106. The molecule has 2 unspecified atom stereocenters. The summed E-state index contributed by atoms with van der Waals surface area (Å²) in [7, 11) is 1.78. The SMILES string of the molecule is CCNC(CCC(C)OC)Cc1ccc(Br)s1. The Kier molecular flexibility index (Phi) is 7.35. The van der Waals surface area contributed by atoms with Crippen LogP contribution in [-0.2, 0) is 11.2 Å². The van der Waals surface area contributed by atoms with Crippen LogP contribution in [-0.4, -0.2) is 25.8 Å². The number of rotatable bonds is 8. The average Bonchev–Trinajstić information content (AvgIpc) is 2.71. The second kappa shape index (κ2) is 8.25. The van der Waals surface area contributed by atoms with Crippen molar-refractivity contribution in [1.29, 1.82) is 0 Å². The van der Waals surface area contributed by atoms with E-state index in [4.69, 9.17) is 4.74 Å². The highest BCUT2D eigenvalue weighted by Gasteiger charge is 2.11. The highest BCUT2D eigenvalue weighted by Crippen LogP contribution is 2.24. The van der Waals surface area contributed by atoms with Crippen LogP contribution in [0.5, 0.6) is 0 Å². The van der Waals surface area contributed by atoms with E-state index in [9.17, 15) is 0 Å². The van der Waals surface area contributed by atoms with Crippen LogP contribution in [0.1, 0.15) is 31.6 Å². The summed E-state index contributed by atoms with van der Waals surface area (Å²) < 4.78 is 6.52. The molecular formula is C13H22BrNOS. The van der Waals surface area contributed by atoms with Crippen LogP contribution < -0.4 is 5.32 Å². The van der Waals surface area contributed by atoms with Crippen molar-refractivity contribution < 1.29 is 4.74 Å². The molecule has 0 fully saturated rings. The van der Waals surface area contributed by atoms with Crippen LogP contribution in [0.15, 0.2) is 15.9 Å². The normalized spacial score (nSPS) is 14.8. The minimum Gasteiger partial charge on any atom is -0.382 e. The molecule has 17 heavy (non-hydrogen) atoms. The molecule has 2 nitrogen and oxygen atoms in total. The Morgan fingerprint density at radius 1 is 1.41 bits per heavy atom. The third-order valence-corrected chi connectivity index (χ3v) is 4.54. The van der Waals surface area contributed by atoms with Gasteiger partial charge in [-0.25, -0.2) is 0 Å². The summed E-state index contributed by atoms with van der Waals surface area (Å²) in [6.45, 7) is 5.32. The van der Waals surface area contributed by atoms with Crippen molar-refractivity contribution in [2.24, 2.45) is 0 Å². The first kappa shape index (κ1) is 15.2. The lowest BCUT2D eigenvalue weighted by Gasteiger charge is -2.19. The molecule has 1 aromatic rings. The van der Waals surface area contributed by atoms with E-state index < -0.39 is 0 Å². The monoisotopic (exact) mass is 319 g/mol. The first-order valence-corrected chi connectivity index (χ1v) is 7.77. The van der Waals surface area contributed by atoms with Gasteiger partial charge in [-0.1, -0.05) is 6.92 Å². The molecule has 2 atom stereocenters. The Labute approximate surface area is 117 Å². The van der Waals surface area contributed by atoms with Crippen molar-refractivity contribution in [2.45, 2.75) is 45.3 Å². The van der Waals surface area contributed by atoms with Crippen LogP contribution in [0, 0.1) is 0 Å². The van der Waals surface area contributed by atoms with E-state index >= 15 is 0 Å². The van der Waals surface area contributed by atoms with Gasteiger partial charge < -0.3 is 10.1 Å². The van der Waals surface area contributed by atoms with Gasteiger partial charge in [0.15, 0.2) is 0 Å². The number of halogens is 1. The number of likely N-dealkylation sites (N-methyl/N-ethyl adjacent to an activating group) is 1. The summed E-state index contributed by atoms with van der Waals surface area (Å²) in [5.41, 5.74) is 0. The molecule has 0 radical (unpaired) electrons. The van der Waals surface area contributed by atoms with Crippen molar-refractivity contribution in [1.82, 2.24) is 5.32 Å². The van der Waals surface area contributed by atoms with Gasteiger partial charge in [-0.2, -0.15) is 0 Å². The molecule has 1 aromatic heterocycles. The largest absolute Gasteiger partial charge is 0.382 e. The van der Waals surface area contributed by atoms with Gasteiger partial charge in [0.05, 0.1) is 9.89 Å². The summed E-state index contributed by atoms with van der Waals surface area (Å²) >= 11 is 5.34. The van der Waals surface area contributed by atoms with Gasteiger partial charge in [0.1, 0.15) is 0 Å². The second-order valence-electron chi connectivity index (χ2n) is 4.29. The van der Waals surface area contributed by atoms with Crippen molar-refractivity contribution in [2.75, 3.05) is 13.7 Å². The Bertz CT molecular complexity index is 316. The van der Waals surface area contributed by atoms with Crippen molar-refractivity contribution in [3.05, 3.63) is 20.8 Å². The maximum atomic E-state index is 5.30. The van der Waals surface area contributed by atoms with Crippen LogP contribution >= 0.6 is 27.3 Å². The Morgan fingerprint density at radius 3 is 2.71 bits per heavy atom. The fourth-order valence-corrected chi connectivity index (χ4v) is 3.39. The van der Waals surface area contributed by atoms with Crippen LogP contribution in [0.3, 0.4) is 0 Å². The Balaban J connectivity index is 2.42. The molecule has 0 aliphatic rings. The predicted octanol–water partition coefficient (Wildman–Crippen LogP) is 3.85. The molecule has 0 saturated carbocycles. The van der Waals surface area contributed by atoms with Crippen molar-refractivity contribution in [3.8, 4) is 0 Å². The quantitative estimate of drug-likeness (QED) is 0.786. The molecule has 4 heteroatoms. The molecule has 98 valence electrons. The zero-order valence-electron chi connectivity index (χ0n) is 10.8. The standard InChI is InChI=1S/C13H22BrNOS/c1-4-15-11(6-5-10(2)16-3)9-12-7-8-13(14)17-12/h7-8,10-11,15H,4-6,9H2,1-3H3. The van der Waals surface area contributed by atoms with E-state index in [-0.39, 0.29) is 0 Å². The van der Waals surface area contributed by atoms with E-state index in [2.05, 4.69) is 47.2 Å². The molecule has 1 N–H and O–H groups in total. The highest BCUT2D eigenvalue weighted by atomic mass is 79.9. The van der Waals surface area contributed by atoms with E-state index in [1.54, 1.807) is 7.11 Å². The number of hydrogen-bond acceptors (Lipinski definition) is 3. The molecule has 0 amide bonds. The Hall–Kier alpha value is 0.1000. The molecule has 0 spiro atoms. The lowest BCUT2D eigenvalue weighted by Crippen LogP contribution is -2.31. The van der Waals surface area contributed by atoms with Crippen molar-refractivity contribution >= 4 is 27.3 Å². The van der Waals surface area contributed by atoms with Gasteiger partial charge in [0.25, 0.3) is 0 Å². The number of ether oxygens (including phenoxy) is 1. The van der Waals surface area contributed by atoms with Crippen LogP contribution in [0.4, 0.5) is 0 Å². The van der Waals surface area contributed by atoms with E-state index in [0.29, 0.717) is 12.1 Å². The molecule has 1 heterocycles. The fraction of sp³-hybridized carbons (Fsp3) is 0.692. The van der Waals surface area contributed by atoms with Crippen LogP contribution in [0.2, 0.25) is 0 Å². The van der Waals surface area contributed by atoms with Gasteiger partial charge in [0.2, 0.25) is 0 Å². The van der Waals surface area contributed by atoms with E-state index in [0.717, 1.165) is 19.4 Å². The second-order valence-corrected chi connectivity index (χ2v) is 6.84. The third-order valence-electron chi connectivity index (χ3n) is 2.89. The minimum atomic E-state index is 0.353. The maximum absolute atomic E-state index is 5.30. The van der Waals surface area contributed by atoms with Gasteiger partial charge in [0, 0.05) is 18.0 Å². The third kappa shape index (κ3) is 6.00. The molecule has 0 aromatic carbocycles. The molecule has 0 aliphatic carbocycles. The summed E-state index contributed by atoms with van der Waals surface area (Å²) in [5, 5.41) is 3.56. The predicted molar refractivity (Wildman–Crippen MR) is 78.9 cm³/mol. The fourth-order valence-electron chi connectivity index (χ4n) is 1.82. The molecule has 0 bridgehead atoms. The van der Waals surface area contributed by atoms with E-state index in [1.807, 2.05) is 11.3 Å². The maximum Gasteiger partial charge on any atom is 0.0701 e. The number of hydrogen-bond donors (Lipinski definition) is 1. The van der Waals surface area contributed by atoms with Crippen LogP contribution in [0.25, 0.3) is 0 Å². The summed E-state index contributed by atoms with van der Waals surface area (Å²) in [4.78, 5) is 1.44. The highest BCUT2D eigenvalue weighted by molar-refractivity contribution is 9.11. The first-order chi connectivity index (χ1) is 8.15. The van der Waals surface area contributed by atoms with Gasteiger partial charge >= 0.3 is 0 Å². The number of methoxy groups -OCH3 is 1. The molecule has 1 rings (SSSR count). The summed E-state index contributed by atoms with van der Waals surface area (Å²) in [6.07, 6.45) is 3.74. The van der Waals surface area contributed by atoms with Crippen molar-refractivity contribution in [3.63, 3.8) is 0 Å². The number of nitrogens with one attached hydrogen (secondary N) is 1. The molecular weight excluding hydrogens is 298 g/mol. The van der Waals surface area contributed by atoms with E-state index in [1.165, 1.54) is 15.1 Å². The summed E-state index contributed by atoms with van der Waals surface area (Å²) in [6, 6.07) is 4.89. The minimum absolute atomic E-state index is 0.353. The zero-order valence-corrected chi connectivity index (χ0v) is 13.2. The summed E-state index contributed by atoms with van der Waals surface area (Å²) in [5.74, 6) is 0. The zero-order chi connectivity index (χ0) is 12.7. The molecule has 0 saturated heterocycles. The topological polar surface area (TPSA) is 21.3 Å².